The molecule has 0 aromatic heterocycles. The number of hydrogen-bond acceptors (Lipinski definition) is 4. The molecule has 5 nitrogen and oxygen atoms in total. The summed E-state index contributed by atoms with van der Waals surface area (Å²) >= 11 is 0. The van der Waals surface area contributed by atoms with Crippen LogP contribution in [0.3, 0.4) is 0 Å². The monoisotopic (exact) mass is 283 g/mol. The Bertz CT molecular complexity index is 704. The predicted molar refractivity (Wildman–Crippen MR) is 75.4 cm³/mol. The largest absolute Gasteiger partial charge is 0.495 e. The van der Waals surface area contributed by atoms with Gasteiger partial charge in [-0.25, -0.2) is 4.79 Å². The highest BCUT2D eigenvalue weighted by molar-refractivity contribution is 5.90. The van der Waals surface area contributed by atoms with E-state index in [4.69, 9.17) is 19.8 Å². The van der Waals surface area contributed by atoms with Crippen LogP contribution in [0.15, 0.2) is 42.5 Å². The molecule has 21 heavy (non-hydrogen) atoms. The Labute approximate surface area is 122 Å². The molecule has 0 bridgehead atoms. The number of carbonyl (C=O) groups is 1. The number of rotatable bonds is 5. The lowest BCUT2D eigenvalue weighted by Gasteiger charge is -2.10. The zero-order valence-corrected chi connectivity index (χ0v) is 11.4. The normalized spacial score (nSPS) is 9.71. The number of methoxy groups -OCH3 is 1. The third kappa shape index (κ3) is 3.31. The first-order chi connectivity index (χ1) is 10.2. The molecule has 0 aliphatic carbocycles. The quantitative estimate of drug-likeness (QED) is 0.912. The first-order valence-electron chi connectivity index (χ1n) is 6.18. The van der Waals surface area contributed by atoms with Crippen LogP contribution in [0.5, 0.6) is 11.5 Å². The van der Waals surface area contributed by atoms with Gasteiger partial charge in [-0.1, -0.05) is 18.2 Å². The molecule has 0 saturated heterocycles. The zero-order chi connectivity index (χ0) is 15.2. The van der Waals surface area contributed by atoms with Crippen LogP contribution in [0.25, 0.3) is 0 Å². The van der Waals surface area contributed by atoms with Gasteiger partial charge in [0.1, 0.15) is 29.7 Å². The van der Waals surface area contributed by atoms with Crippen molar-refractivity contribution in [2.24, 2.45) is 0 Å². The second-order valence-electron chi connectivity index (χ2n) is 4.24. The number of para-hydroxylation sites is 1. The van der Waals surface area contributed by atoms with Gasteiger partial charge in [0.25, 0.3) is 0 Å². The number of ether oxygens (including phenoxy) is 2. The molecule has 0 aliphatic heterocycles. The molecular weight excluding hydrogens is 270 g/mol. The maximum absolute atomic E-state index is 11.1. The first kappa shape index (κ1) is 14.4. The van der Waals surface area contributed by atoms with Gasteiger partial charge < -0.3 is 14.6 Å². The fraction of sp³-hybridized carbons (Fsp3) is 0.125. The van der Waals surface area contributed by atoms with Crippen molar-refractivity contribution in [3.05, 3.63) is 59.2 Å². The molecule has 2 rings (SSSR count). The minimum Gasteiger partial charge on any atom is -0.495 e. The topological polar surface area (TPSA) is 79.6 Å². The summed E-state index contributed by atoms with van der Waals surface area (Å²) < 4.78 is 10.7. The lowest BCUT2D eigenvalue weighted by molar-refractivity contribution is 0.0691. The highest BCUT2D eigenvalue weighted by atomic mass is 16.5. The van der Waals surface area contributed by atoms with Gasteiger partial charge in [-0.3, -0.25) is 0 Å². The second-order valence-corrected chi connectivity index (χ2v) is 4.24. The average molecular weight is 283 g/mol. The number of aromatic carboxylic acids is 1. The molecule has 0 saturated carbocycles. The van der Waals surface area contributed by atoms with E-state index in [-0.39, 0.29) is 12.2 Å². The molecule has 0 fully saturated rings. The summed E-state index contributed by atoms with van der Waals surface area (Å²) in [6.45, 7) is 0.187. The second kappa shape index (κ2) is 6.44. The predicted octanol–water partition coefficient (Wildman–Crippen LogP) is 2.84. The van der Waals surface area contributed by atoms with Gasteiger partial charge in [0, 0.05) is 0 Å². The van der Waals surface area contributed by atoms with Gasteiger partial charge in [0.05, 0.1) is 12.7 Å². The standard InChI is InChI=1S/C16H13NO4/c1-20-15-8-11(6-7-12(15)9-17)10-21-14-5-3-2-4-13(14)16(18)19/h2-8H,10H2,1H3,(H,18,19). The number of carboxylic acids is 1. The Morgan fingerprint density at radius 3 is 2.67 bits per heavy atom. The van der Waals surface area contributed by atoms with Gasteiger partial charge in [-0.15, -0.1) is 0 Å². The van der Waals surface area contributed by atoms with Crippen LogP contribution in [0.1, 0.15) is 21.5 Å². The van der Waals surface area contributed by atoms with Gasteiger partial charge >= 0.3 is 5.97 Å². The summed E-state index contributed by atoms with van der Waals surface area (Å²) in [5.41, 5.74) is 1.33. The molecule has 0 amide bonds. The van der Waals surface area contributed by atoms with Crippen molar-refractivity contribution in [3.8, 4) is 17.6 Å². The molecule has 5 heteroatoms. The lowest BCUT2D eigenvalue weighted by Crippen LogP contribution is -2.03. The molecule has 0 unspecified atom stereocenters. The summed E-state index contributed by atoms with van der Waals surface area (Å²) in [5.74, 6) is -0.276. The Kier molecular flexibility index (Phi) is 4.42. The smallest absolute Gasteiger partial charge is 0.339 e. The van der Waals surface area contributed by atoms with Gasteiger partial charge in [0.15, 0.2) is 0 Å². The summed E-state index contributed by atoms with van der Waals surface area (Å²) in [5, 5.41) is 18.0. The molecule has 0 radical (unpaired) electrons. The van der Waals surface area contributed by atoms with Crippen LogP contribution >= 0.6 is 0 Å². The van der Waals surface area contributed by atoms with Crippen molar-refractivity contribution in [1.82, 2.24) is 0 Å². The van der Waals surface area contributed by atoms with Crippen molar-refractivity contribution < 1.29 is 19.4 Å². The van der Waals surface area contributed by atoms with E-state index in [1.165, 1.54) is 13.2 Å². The molecule has 2 aromatic rings. The van der Waals surface area contributed by atoms with Crippen LogP contribution in [0.4, 0.5) is 0 Å². The average Bonchev–Trinajstić information content (AvgIpc) is 2.52. The molecule has 106 valence electrons. The molecule has 0 heterocycles. The van der Waals surface area contributed by atoms with E-state index in [0.29, 0.717) is 17.1 Å². The molecule has 0 spiro atoms. The Balaban J connectivity index is 2.18. The molecule has 2 aromatic carbocycles. The highest BCUT2D eigenvalue weighted by Crippen LogP contribution is 2.22. The number of nitriles is 1. The summed E-state index contributed by atoms with van der Waals surface area (Å²) in [6, 6.07) is 13.5. The van der Waals surface area contributed by atoms with E-state index in [0.717, 1.165) is 5.56 Å². The van der Waals surface area contributed by atoms with Crippen molar-refractivity contribution in [1.29, 1.82) is 5.26 Å². The summed E-state index contributed by atoms with van der Waals surface area (Å²) in [6.07, 6.45) is 0. The number of benzene rings is 2. The summed E-state index contributed by atoms with van der Waals surface area (Å²) in [7, 11) is 1.49. The van der Waals surface area contributed by atoms with Gasteiger partial charge in [-0.05, 0) is 29.8 Å². The zero-order valence-electron chi connectivity index (χ0n) is 11.4. The number of nitrogens with zero attached hydrogens (tertiary/aromatic N) is 1. The summed E-state index contributed by atoms with van der Waals surface area (Å²) in [4.78, 5) is 11.1. The third-order valence-corrected chi connectivity index (χ3v) is 2.90. The van der Waals surface area contributed by atoms with E-state index >= 15 is 0 Å². The van der Waals surface area contributed by atoms with Crippen LogP contribution in [-0.2, 0) is 6.61 Å². The van der Waals surface area contributed by atoms with Crippen molar-refractivity contribution in [2.75, 3.05) is 7.11 Å². The Morgan fingerprint density at radius 1 is 1.24 bits per heavy atom. The van der Waals surface area contributed by atoms with Crippen LogP contribution < -0.4 is 9.47 Å². The SMILES string of the molecule is COc1cc(COc2ccccc2C(=O)O)ccc1C#N. The van der Waals surface area contributed by atoms with E-state index in [1.54, 1.807) is 36.4 Å². The fourth-order valence-electron chi connectivity index (χ4n) is 1.85. The van der Waals surface area contributed by atoms with Crippen molar-refractivity contribution >= 4 is 5.97 Å². The fourth-order valence-corrected chi connectivity index (χ4v) is 1.85. The number of carboxylic acid groups (broad SMARTS) is 1. The van der Waals surface area contributed by atoms with Crippen LogP contribution in [0.2, 0.25) is 0 Å². The van der Waals surface area contributed by atoms with E-state index in [1.807, 2.05) is 6.07 Å². The minimum absolute atomic E-state index is 0.109. The number of hydrogen-bond donors (Lipinski definition) is 1. The molecule has 0 atom stereocenters. The molecular formula is C16H13NO4. The van der Waals surface area contributed by atoms with Gasteiger partial charge in [-0.2, -0.15) is 5.26 Å². The Morgan fingerprint density at radius 2 is 2.00 bits per heavy atom. The van der Waals surface area contributed by atoms with E-state index in [9.17, 15) is 4.79 Å². The Hall–Kier alpha value is -3.00. The molecule has 0 aliphatic rings. The lowest BCUT2D eigenvalue weighted by atomic mass is 10.1. The van der Waals surface area contributed by atoms with E-state index in [2.05, 4.69) is 0 Å². The van der Waals surface area contributed by atoms with Crippen LogP contribution in [0, 0.1) is 11.3 Å². The maximum Gasteiger partial charge on any atom is 0.339 e. The molecule has 1 N–H and O–H groups in total. The third-order valence-electron chi connectivity index (χ3n) is 2.90. The maximum atomic E-state index is 11.1. The van der Waals surface area contributed by atoms with E-state index < -0.39 is 5.97 Å². The van der Waals surface area contributed by atoms with Crippen molar-refractivity contribution in [3.63, 3.8) is 0 Å². The minimum atomic E-state index is -1.04. The van der Waals surface area contributed by atoms with Crippen LogP contribution in [-0.4, -0.2) is 18.2 Å². The highest BCUT2D eigenvalue weighted by Gasteiger charge is 2.10. The first-order valence-corrected chi connectivity index (χ1v) is 6.18. The van der Waals surface area contributed by atoms with Gasteiger partial charge in [0.2, 0.25) is 0 Å². The van der Waals surface area contributed by atoms with Crippen molar-refractivity contribution in [2.45, 2.75) is 6.61 Å².